The molecule has 0 spiro atoms. The largest absolute Gasteiger partial charge is 0.106 e. The molecular formula is C16H32. The summed E-state index contributed by atoms with van der Waals surface area (Å²) in [6, 6.07) is 0. The van der Waals surface area contributed by atoms with Crippen LogP contribution in [0.25, 0.3) is 0 Å². The van der Waals surface area contributed by atoms with Crippen LogP contribution in [0, 0.1) is 0 Å². The van der Waals surface area contributed by atoms with E-state index in [2.05, 4.69) is 51.3 Å². The Morgan fingerprint density at radius 3 is 1.00 bits per heavy atom. The third kappa shape index (κ3) is 23.1. The summed E-state index contributed by atoms with van der Waals surface area (Å²) in [7, 11) is 0. The van der Waals surface area contributed by atoms with E-state index in [1.165, 1.54) is 11.1 Å². The van der Waals surface area contributed by atoms with Crippen molar-refractivity contribution < 1.29 is 0 Å². The van der Waals surface area contributed by atoms with Gasteiger partial charge in [0, 0.05) is 0 Å². The molecule has 96 valence electrons. The molecule has 0 aliphatic heterocycles. The van der Waals surface area contributed by atoms with Gasteiger partial charge in [0.1, 0.15) is 0 Å². The molecule has 0 aromatic heterocycles. The summed E-state index contributed by atoms with van der Waals surface area (Å²) in [4.78, 5) is 0. The van der Waals surface area contributed by atoms with E-state index in [1.54, 1.807) is 0 Å². The fourth-order valence-electron chi connectivity index (χ4n) is 0.763. The topological polar surface area (TPSA) is 0 Å². The van der Waals surface area contributed by atoms with Gasteiger partial charge in [0.15, 0.2) is 0 Å². The van der Waals surface area contributed by atoms with Gasteiger partial charge in [-0.2, -0.15) is 0 Å². The lowest BCUT2D eigenvalue weighted by atomic mass is 10.1. The Hall–Kier alpha value is -1.04. The summed E-state index contributed by atoms with van der Waals surface area (Å²) >= 11 is 0. The smallest absolute Gasteiger partial charge is 0.0395 e. The van der Waals surface area contributed by atoms with Gasteiger partial charge in [-0.15, -0.1) is 13.2 Å². The molecule has 0 bridgehead atoms. The Balaban J connectivity index is -0.000000103. The maximum Gasteiger partial charge on any atom is -0.0395 e. The van der Waals surface area contributed by atoms with Crippen molar-refractivity contribution in [3.63, 3.8) is 0 Å². The van der Waals surface area contributed by atoms with E-state index < -0.39 is 0 Å². The van der Waals surface area contributed by atoms with Crippen LogP contribution < -0.4 is 0 Å². The van der Waals surface area contributed by atoms with Gasteiger partial charge in [-0.1, -0.05) is 52.0 Å². The summed E-state index contributed by atoms with van der Waals surface area (Å²) in [6.45, 7) is 22.3. The molecule has 0 nitrogen and oxygen atoms in total. The van der Waals surface area contributed by atoms with E-state index in [1.807, 2.05) is 41.5 Å². The molecule has 16 heavy (non-hydrogen) atoms. The second kappa shape index (κ2) is 29.2. The first-order chi connectivity index (χ1) is 7.72. The van der Waals surface area contributed by atoms with Crippen molar-refractivity contribution in [3.05, 3.63) is 48.6 Å². The van der Waals surface area contributed by atoms with Crippen molar-refractivity contribution in [3.8, 4) is 0 Å². The molecule has 0 aromatic rings. The first-order valence-corrected chi connectivity index (χ1v) is 6.15. The fraction of sp³-hybridized carbons (Fsp3) is 0.500. The summed E-state index contributed by atoms with van der Waals surface area (Å²) in [5.74, 6) is 0. The highest BCUT2D eigenvalue weighted by Gasteiger charge is 1.84. The fourth-order valence-corrected chi connectivity index (χ4v) is 0.763. The second-order valence-electron chi connectivity index (χ2n) is 2.37. The minimum absolute atomic E-state index is 1.33. The Bertz CT molecular complexity index is 160. The maximum atomic E-state index is 3.00. The van der Waals surface area contributed by atoms with Crippen LogP contribution in [-0.4, -0.2) is 0 Å². The minimum atomic E-state index is 1.33. The predicted molar refractivity (Wildman–Crippen MR) is 82.0 cm³/mol. The van der Waals surface area contributed by atoms with Gasteiger partial charge in [0.2, 0.25) is 0 Å². The van der Waals surface area contributed by atoms with E-state index in [-0.39, 0.29) is 0 Å². The molecule has 0 heterocycles. The van der Waals surface area contributed by atoms with Gasteiger partial charge in [-0.05, 0) is 38.8 Å². The monoisotopic (exact) mass is 224 g/mol. The summed E-state index contributed by atoms with van der Waals surface area (Å²) in [5, 5.41) is 0. The lowest BCUT2D eigenvalue weighted by Gasteiger charge is -1.94. The van der Waals surface area contributed by atoms with Crippen molar-refractivity contribution in [1.82, 2.24) is 0 Å². The molecule has 0 amide bonds. The van der Waals surface area contributed by atoms with Gasteiger partial charge in [-0.3, -0.25) is 0 Å². The zero-order valence-electron chi connectivity index (χ0n) is 12.7. The van der Waals surface area contributed by atoms with Crippen LogP contribution in [0.1, 0.15) is 55.4 Å². The highest BCUT2D eigenvalue weighted by Crippen LogP contribution is 2.05. The Morgan fingerprint density at radius 2 is 0.875 bits per heavy atom. The predicted octanol–water partition coefficient (Wildman–Crippen LogP) is 6.33. The normalized spacial score (nSPS) is 10.2. The van der Waals surface area contributed by atoms with E-state index in [0.29, 0.717) is 0 Å². The van der Waals surface area contributed by atoms with Crippen molar-refractivity contribution in [1.29, 1.82) is 0 Å². The first-order valence-electron chi connectivity index (χ1n) is 6.15. The summed E-state index contributed by atoms with van der Waals surface area (Å²) in [5.41, 5.74) is 2.67. The number of hydrogen-bond donors (Lipinski definition) is 0. The molecule has 0 aromatic carbocycles. The van der Waals surface area contributed by atoms with Crippen molar-refractivity contribution >= 4 is 0 Å². The van der Waals surface area contributed by atoms with Crippen LogP contribution >= 0.6 is 0 Å². The molecule has 0 atom stereocenters. The number of allylic oxidation sites excluding steroid dienone is 6. The quantitative estimate of drug-likeness (QED) is 0.380. The third-order valence-corrected chi connectivity index (χ3v) is 1.46. The summed E-state index contributed by atoms with van der Waals surface area (Å²) in [6.07, 6.45) is 8.36. The highest BCUT2D eigenvalue weighted by atomic mass is 13.9. The average Bonchev–Trinajstić information content (AvgIpc) is 2.37. The van der Waals surface area contributed by atoms with Crippen LogP contribution in [0.5, 0.6) is 0 Å². The molecule has 0 fully saturated rings. The zero-order valence-corrected chi connectivity index (χ0v) is 12.7. The van der Waals surface area contributed by atoms with Crippen LogP contribution in [0.15, 0.2) is 48.6 Å². The number of rotatable bonds is 2. The molecule has 0 rings (SSSR count). The Labute approximate surface area is 104 Å². The molecule has 0 heteroatoms. The zero-order chi connectivity index (χ0) is 14.0. The number of hydrogen-bond acceptors (Lipinski definition) is 0. The van der Waals surface area contributed by atoms with E-state index >= 15 is 0 Å². The molecule has 0 radical (unpaired) electrons. The van der Waals surface area contributed by atoms with E-state index in [0.717, 1.165) is 0 Å². The Kier molecular flexibility index (Phi) is 44.3. The minimum Gasteiger partial charge on any atom is -0.106 e. The third-order valence-electron chi connectivity index (χ3n) is 1.46. The molecule has 0 saturated heterocycles. The molecule has 0 aliphatic carbocycles. The van der Waals surface area contributed by atoms with Gasteiger partial charge in [0.05, 0.1) is 0 Å². The average molecular weight is 224 g/mol. The van der Waals surface area contributed by atoms with Gasteiger partial charge >= 0.3 is 0 Å². The Morgan fingerprint density at radius 1 is 0.688 bits per heavy atom. The van der Waals surface area contributed by atoms with E-state index in [4.69, 9.17) is 0 Å². The van der Waals surface area contributed by atoms with Gasteiger partial charge < -0.3 is 0 Å². The van der Waals surface area contributed by atoms with Crippen molar-refractivity contribution in [2.75, 3.05) is 0 Å². The standard InChI is InChI=1S/C10H16.2C2H6.C2H4/c1-5-7-9(3)10(4)8-6-2;3*1-2/h5-8H,1-4H3;2*1-2H3;1-2H2/b7-5-,8-6-,10-9-;;;. The SMILES string of the molecule is C=C.CC.CC.C\C=C/C(C)=C(C)\C=C/C. The first kappa shape index (κ1) is 24.3. The highest BCUT2D eigenvalue weighted by molar-refractivity contribution is 5.29. The van der Waals surface area contributed by atoms with Gasteiger partial charge in [0.25, 0.3) is 0 Å². The maximum absolute atomic E-state index is 3.00. The van der Waals surface area contributed by atoms with E-state index in [9.17, 15) is 0 Å². The summed E-state index contributed by atoms with van der Waals surface area (Å²) < 4.78 is 0. The lowest BCUT2D eigenvalue weighted by molar-refractivity contribution is 1.36. The van der Waals surface area contributed by atoms with Crippen molar-refractivity contribution in [2.24, 2.45) is 0 Å². The second-order valence-corrected chi connectivity index (χ2v) is 2.37. The van der Waals surface area contributed by atoms with Crippen LogP contribution in [0.4, 0.5) is 0 Å². The molecule has 0 aliphatic rings. The molecular weight excluding hydrogens is 192 g/mol. The van der Waals surface area contributed by atoms with Gasteiger partial charge in [-0.25, -0.2) is 0 Å². The van der Waals surface area contributed by atoms with Crippen molar-refractivity contribution in [2.45, 2.75) is 55.4 Å². The molecule has 0 N–H and O–H groups in total. The van der Waals surface area contributed by atoms with Crippen LogP contribution in [0.2, 0.25) is 0 Å². The lowest BCUT2D eigenvalue weighted by Crippen LogP contribution is -1.74. The molecule has 0 unspecified atom stereocenters. The van der Waals surface area contributed by atoms with Crippen LogP contribution in [-0.2, 0) is 0 Å². The molecule has 0 saturated carbocycles. The van der Waals surface area contributed by atoms with Crippen LogP contribution in [0.3, 0.4) is 0 Å².